The minimum absolute atomic E-state index is 0.0601. The third-order valence-electron chi connectivity index (χ3n) is 7.48. The molecule has 1 saturated carbocycles. The van der Waals surface area contributed by atoms with E-state index in [0.717, 1.165) is 56.1 Å². The lowest BCUT2D eigenvalue weighted by atomic mass is 9.94. The van der Waals surface area contributed by atoms with Gasteiger partial charge in [-0.25, -0.2) is 17.2 Å². The summed E-state index contributed by atoms with van der Waals surface area (Å²) < 4.78 is 54.1. The van der Waals surface area contributed by atoms with E-state index in [0.29, 0.717) is 15.9 Å². The maximum atomic E-state index is 14.2. The zero-order valence-electron chi connectivity index (χ0n) is 23.6. The van der Waals surface area contributed by atoms with E-state index in [4.69, 9.17) is 23.2 Å². The first-order valence-corrected chi connectivity index (χ1v) is 16.5. The van der Waals surface area contributed by atoms with Gasteiger partial charge >= 0.3 is 0 Å². The van der Waals surface area contributed by atoms with E-state index in [1.807, 2.05) is 30.3 Å². The number of hydrogen-bond acceptors (Lipinski definition) is 4. The van der Waals surface area contributed by atoms with Crippen molar-refractivity contribution in [1.82, 2.24) is 10.2 Å². The molecule has 0 aliphatic heterocycles. The number of carbonyl (C=O) groups is 2. The molecule has 0 spiro atoms. The largest absolute Gasteiger partial charge is 0.352 e. The lowest BCUT2D eigenvalue weighted by Crippen LogP contribution is -2.55. The molecule has 230 valence electrons. The van der Waals surface area contributed by atoms with E-state index in [-0.39, 0.29) is 34.7 Å². The topological polar surface area (TPSA) is 86.8 Å². The number of rotatable bonds is 11. The number of anilines is 1. The molecule has 1 aliphatic carbocycles. The predicted molar refractivity (Wildman–Crippen MR) is 165 cm³/mol. The number of hydrogen-bond donors (Lipinski definition) is 1. The van der Waals surface area contributed by atoms with E-state index < -0.39 is 46.1 Å². The second-order valence-corrected chi connectivity index (χ2v) is 13.4. The van der Waals surface area contributed by atoms with Crippen LogP contribution in [0.5, 0.6) is 0 Å². The lowest BCUT2D eigenvalue weighted by Gasteiger charge is -2.35. The van der Waals surface area contributed by atoms with Crippen molar-refractivity contribution >= 4 is 50.7 Å². The van der Waals surface area contributed by atoms with E-state index in [9.17, 15) is 26.8 Å². The van der Waals surface area contributed by atoms with Gasteiger partial charge in [-0.2, -0.15) is 0 Å². The highest BCUT2D eigenvalue weighted by molar-refractivity contribution is 7.92. The van der Waals surface area contributed by atoms with Crippen LogP contribution in [0.2, 0.25) is 10.0 Å². The van der Waals surface area contributed by atoms with Crippen LogP contribution < -0.4 is 9.62 Å². The van der Waals surface area contributed by atoms with Crippen molar-refractivity contribution in [1.29, 1.82) is 0 Å². The van der Waals surface area contributed by atoms with Crippen LogP contribution in [0.4, 0.5) is 14.5 Å². The summed E-state index contributed by atoms with van der Waals surface area (Å²) in [7, 11) is -4.15. The Hall–Kier alpha value is -3.21. The molecule has 43 heavy (non-hydrogen) atoms. The normalized spacial score (nSPS) is 14.6. The maximum absolute atomic E-state index is 14.2. The molecule has 0 aromatic heterocycles. The third-order valence-corrected chi connectivity index (χ3v) is 9.33. The molecular weight excluding hydrogens is 619 g/mol. The number of benzene rings is 3. The Morgan fingerprint density at radius 2 is 1.58 bits per heavy atom. The summed E-state index contributed by atoms with van der Waals surface area (Å²) in [5.41, 5.74) is 0.910. The van der Waals surface area contributed by atoms with Crippen molar-refractivity contribution in [3.8, 4) is 0 Å². The monoisotopic (exact) mass is 651 g/mol. The summed E-state index contributed by atoms with van der Waals surface area (Å²) in [4.78, 5) is 29.4. The average molecular weight is 653 g/mol. The van der Waals surface area contributed by atoms with Gasteiger partial charge in [-0.15, -0.1) is 0 Å². The maximum Gasteiger partial charge on any atom is 0.244 e. The Kier molecular flexibility index (Phi) is 11.0. The smallest absolute Gasteiger partial charge is 0.244 e. The second-order valence-electron chi connectivity index (χ2n) is 10.6. The average Bonchev–Trinajstić information content (AvgIpc) is 2.97. The van der Waals surface area contributed by atoms with Crippen molar-refractivity contribution < 1.29 is 26.8 Å². The Morgan fingerprint density at radius 1 is 0.930 bits per heavy atom. The summed E-state index contributed by atoms with van der Waals surface area (Å²) in [6.07, 6.45) is 5.64. The van der Waals surface area contributed by atoms with E-state index in [1.165, 1.54) is 4.90 Å². The first kappa shape index (κ1) is 32.7. The van der Waals surface area contributed by atoms with Crippen LogP contribution in [0.3, 0.4) is 0 Å². The molecule has 1 unspecified atom stereocenters. The first-order valence-electron chi connectivity index (χ1n) is 13.9. The van der Waals surface area contributed by atoms with Gasteiger partial charge in [0.2, 0.25) is 21.8 Å². The highest BCUT2D eigenvalue weighted by Crippen LogP contribution is 2.28. The standard InChI is InChI=1S/C31H33Cl2F2N3O4S/c1-43(41,42)38(23-15-16-27(34)28(35)18-23)20-30(39)37(19-24-25(32)13-8-14-26(24)33)29(17-21-9-4-2-5-10-21)31(40)36-22-11-6-3-7-12-22/h2,4-5,8-10,13-16,18,22,29H,3,6-7,11-12,17,19-20H2,1H3,(H,36,40). The molecule has 4 rings (SSSR count). The van der Waals surface area contributed by atoms with Crippen molar-refractivity contribution in [2.45, 2.75) is 57.2 Å². The Labute approximate surface area is 260 Å². The molecule has 1 N–H and O–H groups in total. The zero-order valence-corrected chi connectivity index (χ0v) is 25.9. The highest BCUT2D eigenvalue weighted by Gasteiger charge is 2.35. The summed E-state index contributed by atoms with van der Waals surface area (Å²) in [5, 5.41) is 3.62. The molecule has 12 heteroatoms. The molecule has 0 heterocycles. The molecule has 2 amide bonds. The Bertz CT molecular complexity index is 1530. The fourth-order valence-electron chi connectivity index (χ4n) is 5.21. The summed E-state index contributed by atoms with van der Waals surface area (Å²) >= 11 is 13.0. The fourth-order valence-corrected chi connectivity index (χ4v) is 6.56. The molecule has 1 fully saturated rings. The van der Waals surface area contributed by atoms with Gasteiger partial charge in [-0.05, 0) is 42.7 Å². The van der Waals surface area contributed by atoms with Gasteiger partial charge in [0.25, 0.3) is 0 Å². The number of nitrogens with one attached hydrogen (secondary N) is 1. The first-order chi connectivity index (χ1) is 20.4. The number of nitrogens with zero attached hydrogens (tertiary/aromatic N) is 2. The predicted octanol–water partition coefficient (Wildman–Crippen LogP) is 6.13. The van der Waals surface area contributed by atoms with Gasteiger partial charge in [0.15, 0.2) is 11.6 Å². The molecule has 7 nitrogen and oxygen atoms in total. The van der Waals surface area contributed by atoms with Crippen LogP contribution in [-0.4, -0.2) is 50.0 Å². The number of amides is 2. The number of sulfonamides is 1. The van der Waals surface area contributed by atoms with Crippen molar-refractivity contribution in [3.05, 3.63) is 99.5 Å². The molecule has 3 aromatic rings. The van der Waals surface area contributed by atoms with Crippen LogP contribution >= 0.6 is 23.2 Å². The lowest BCUT2D eigenvalue weighted by molar-refractivity contribution is -0.140. The van der Waals surface area contributed by atoms with Crippen LogP contribution in [0, 0.1) is 11.6 Å². The van der Waals surface area contributed by atoms with E-state index in [1.54, 1.807) is 18.2 Å². The highest BCUT2D eigenvalue weighted by atomic mass is 35.5. The van der Waals surface area contributed by atoms with Gasteiger partial charge in [-0.1, -0.05) is 78.9 Å². The van der Waals surface area contributed by atoms with Crippen LogP contribution in [0.1, 0.15) is 43.2 Å². The van der Waals surface area contributed by atoms with Crippen molar-refractivity contribution in [3.63, 3.8) is 0 Å². The Morgan fingerprint density at radius 3 is 2.19 bits per heavy atom. The summed E-state index contributed by atoms with van der Waals surface area (Å²) in [6, 6.07) is 15.4. The Balaban J connectivity index is 1.76. The van der Waals surface area contributed by atoms with Gasteiger partial charge in [-0.3, -0.25) is 13.9 Å². The molecule has 0 radical (unpaired) electrons. The third kappa shape index (κ3) is 8.68. The zero-order chi connectivity index (χ0) is 31.1. The summed E-state index contributed by atoms with van der Waals surface area (Å²) in [6.45, 7) is -0.990. The van der Waals surface area contributed by atoms with Crippen LogP contribution in [-0.2, 0) is 32.6 Å². The number of carbonyl (C=O) groups excluding carboxylic acids is 2. The minimum Gasteiger partial charge on any atom is -0.352 e. The van der Waals surface area contributed by atoms with Gasteiger partial charge < -0.3 is 10.2 Å². The summed E-state index contributed by atoms with van der Waals surface area (Å²) in [5.74, 6) is -3.59. The molecular formula is C31H33Cl2F2N3O4S. The van der Waals surface area contributed by atoms with Gasteiger partial charge in [0, 0.05) is 40.7 Å². The van der Waals surface area contributed by atoms with Crippen LogP contribution in [0.25, 0.3) is 0 Å². The molecule has 0 bridgehead atoms. The molecule has 1 aliphatic rings. The van der Waals surface area contributed by atoms with Crippen molar-refractivity contribution in [2.24, 2.45) is 0 Å². The van der Waals surface area contributed by atoms with Crippen LogP contribution in [0.15, 0.2) is 66.7 Å². The SMILES string of the molecule is CS(=O)(=O)N(CC(=O)N(Cc1c(Cl)cccc1Cl)C(Cc1ccccc1)C(=O)NC1CCCCC1)c1ccc(F)c(F)c1. The molecule has 0 saturated heterocycles. The van der Waals surface area contributed by atoms with Gasteiger partial charge in [0.1, 0.15) is 12.6 Å². The minimum atomic E-state index is -4.15. The molecule has 1 atom stereocenters. The van der Waals surface area contributed by atoms with E-state index >= 15 is 0 Å². The fraction of sp³-hybridized carbons (Fsp3) is 0.355. The quantitative estimate of drug-likeness (QED) is 0.270. The van der Waals surface area contributed by atoms with Gasteiger partial charge in [0.05, 0.1) is 11.9 Å². The van der Waals surface area contributed by atoms with E-state index in [2.05, 4.69) is 5.32 Å². The molecule has 3 aromatic carbocycles. The number of halogens is 4. The second kappa shape index (κ2) is 14.5. The van der Waals surface area contributed by atoms with Crippen molar-refractivity contribution in [2.75, 3.05) is 17.1 Å².